The maximum absolute atomic E-state index is 4.95. The van der Waals surface area contributed by atoms with Crippen LogP contribution in [0.3, 0.4) is 0 Å². The number of anilines is 8. The molecule has 0 bridgehead atoms. The second kappa shape index (κ2) is 13.1. The molecular formula is C33H43N11. The number of fused-ring (bicyclic) bond motifs is 4. The van der Waals surface area contributed by atoms with Gasteiger partial charge in [0.05, 0.1) is 34.1 Å². The van der Waals surface area contributed by atoms with Crippen LogP contribution in [0.1, 0.15) is 24.2 Å². The van der Waals surface area contributed by atoms with Crippen LogP contribution in [-0.4, -0.2) is 86.3 Å². The molecule has 0 saturated heterocycles. The van der Waals surface area contributed by atoms with Crippen molar-refractivity contribution in [2.45, 2.75) is 25.9 Å². The molecule has 44 heavy (non-hydrogen) atoms. The fourth-order valence-electron chi connectivity index (χ4n) is 5.94. The Morgan fingerprint density at radius 2 is 1.00 bits per heavy atom. The zero-order valence-electron chi connectivity index (χ0n) is 26.5. The fourth-order valence-corrected chi connectivity index (χ4v) is 5.94. The lowest BCUT2D eigenvalue weighted by molar-refractivity contribution is 0.320. The van der Waals surface area contributed by atoms with Crippen molar-refractivity contribution in [2.75, 3.05) is 81.0 Å². The molecule has 4 aromatic rings. The van der Waals surface area contributed by atoms with E-state index in [9.17, 15) is 0 Å². The summed E-state index contributed by atoms with van der Waals surface area (Å²) in [5, 5.41) is 7.14. The molecule has 0 amide bonds. The maximum Gasteiger partial charge on any atom is 0.158 e. The van der Waals surface area contributed by atoms with Crippen molar-refractivity contribution < 1.29 is 0 Å². The van der Waals surface area contributed by atoms with E-state index < -0.39 is 0 Å². The summed E-state index contributed by atoms with van der Waals surface area (Å²) in [5.74, 6) is 3.74. The zero-order chi connectivity index (χ0) is 30.6. The molecule has 0 spiro atoms. The first-order valence-electron chi connectivity index (χ1n) is 15.4. The van der Waals surface area contributed by atoms with E-state index in [0.717, 1.165) is 110 Å². The molecule has 0 saturated carbocycles. The summed E-state index contributed by atoms with van der Waals surface area (Å²) in [6.07, 6.45) is 5.84. The summed E-state index contributed by atoms with van der Waals surface area (Å²) in [6, 6.07) is 16.7. The first kappa shape index (κ1) is 29.7. The number of aromatic nitrogens is 4. The monoisotopic (exact) mass is 593 g/mol. The Labute approximate surface area is 260 Å². The molecule has 0 unspecified atom stereocenters. The Bertz CT molecular complexity index is 1480. The largest absolute Gasteiger partial charge is 0.339 e. The first-order valence-corrected chi connectivity index (χ1v) is 15.4. The minimum Gasteiger partial charge on any atom is -0.339 e. The highest BCUT2D eigenvalue weighted by Gasteiger charge is 2.27. The highest BCUT2D eigenvalue weighted by Crippen LogP contribution is 2.44. The van der Waals surface area contributed by atoms with Crippen molar-refractivity contribution in [3.05, 3.63) is 72.3 Å². The predicted octanol–water partition coefficient (Wildman–Crippen LogP) is 4.56. The molecule has 0 aliphatic carbocycles. The van der Waals surface area contributed by atoms with E-state index in [1.54, 1.807) is 0 Å². The third-order valence-electron chi connectivity index (χ3n) is 8.47. The lowest BCUT2D eigenvalue weighted by Gasteiger charge is -2.34. The number of hydrogen-bond donors (Lipinski definition) is 2. The summed E-state index contributed by atoms with van der Waals surface area (Å²) in [6.45, 7) is 5.52. The van der Waals surface area contributed by atoms with E-state index in [0.29, 0.717) is 0 Å². The molecule has 0 fully saturated rings. The van der Waals surface area contributed by atoms with Gasteiger partial charge in [-0.05, 0) is 94.6 Å². The summed E-state index contributed by atoms with van der Waals surface area (Å²) in [4.78, 5) is 29.9. The number of pyridine rings is 4. The van der Waals surface area contributed by atoms with E-state index in [4.69, 9.17) is 9.97 Å². The number of nitrogens with zero attached hydrogens (tertiary/aromatic N) is 9. The molecule has 0 aromatic carbocycles. The van der Waals surface area contributed by atoms with Gasteiger partial charge in [0.15, 0.2) is 23.3 Å². The zero-order valence-corrected chi connectivity index (χ0v) is 26.5. The van der Waals surface area contributed by atoms with Gasteiger partial charge < -0.3 is 35.1 Å². The van der Waals surface area contributed by atoms with E-state index in [1.165, 1.54) is 0 Å². The molecule has 2 aliphatic rings. The van der Waals surface area contributed by atoms with E-state index in [-0.39, 0.29) is 0 Å². The molecule has 0 atom stereocenters. The predicted molar refractivity (Wildman–Crippen MR) is 179 cm³/mol. The van der Waals surface area contributed by atoms with Gasteiger partial charge in [0, 0.05) is 53.7 Å². The van der Waals surface area contributed by atoms with Gasteiger partial charge in [-0.2, -0.15) is 0 Å². The minimum absolute atomic E-state index is 0.749. The second-order valence-electron chi connectivity index (χ2n) is 11.6. The summed E-state index contributed by atoms with van der Waals surface area (Å²) < 4.78 is 0. The molecule has 230 valence electrons. The van der Waals surface area contributed by atoms with Gasteiger partial charge in [0.25, 0.3) is 0 Å². The Kier molecular flexibility index (Phi) is 8.87. The van der Waals surface area contributed by atoms with Crippen LogP contribution in [0.25, 0.3) is 0 Å². The van der Waals surface area contributed by atoms with Gasteiger partial charge in [-0.1, -0.05) is 0 Å². The van der Waals surface area contributed by atoms with Crippen molar-refractivity contribution in [1.29, 1.82) is 0 Å². The van der Waals surface area contributed by atoms with Crippen molar-refractivity contribution >= 4 is 46.0 Å². The average molecular weight is 594 g/mol. The lowest BCUT2D eigenvalue weighted by atomic mass is 10.2. The molecule has 6 heterocycles. The van der Waals surface area contributed by atoms with Crippen molar-refractivity contribution in [1.82, 2.24) is 35.5 Å². The number of rotatable bonds is 12. The van der Waals surface area contributed by atoms with Gasteiger partial charge in [0.1, 0.15) is 0 Å². The third-order valence-corrected chi connectivity index (χ3v) is 8.47. The van der Waals surface area contributed by atoms with Crippen LogP contribution in [0.4, 0.5) is 46.0 Å². The fraction of sp³-hybridized carbons (Fsp3) is 0.394. The van der Waals surface area contributed by atoms with Crippen LogP contribution in [0.5, 0.6) is 0 Å². The Hall–Kier alpha value is -4.32. The topological polar surface area (TPSA) is 91.8 Å². The van der Waals surface area contributed by atoms with Gasteiger partial charge >= 0.3 is 0 Å². The lowest BCUT2D eigenvalue weighted by Crippen LogP contribution is -2.28. The normalized spacial score (nSPS) is 13.6. The van der Waals surface area contributed by atoms with E-state index in [2.05, 4.69) is 103 Å². The first-order chi connectivity index (χ1) is 21.4. The number of hydrogen-bond acceptors (Lipinski definition) is 11. The smallest absolute Gasteiger partial charge is 0.158 e. The quantitative estimate of drug-likeness (QED) is 0.227. The van der Waals surface area contributed by atoms with Crippen LogP contribution >= 0.6 is 0 Å². The van der Waals surface area contributed by atoms with Crippen molar-refractivity contribution in [2.24, 2.45) is 0 Å². The Balaban J connectivity index is 0.880. The van der Waals surface area contributed by atoms with Crippen molar-refractivity contribution in [3.63, 3.8) is 0 Å². The van der Waals surface area contributed by atoms with E-state index in [1.807, 2.05) is 38.6 Å². The summed E-state index contributed by atoms with van der Waals surface area (Å²) in [5.41, 5.74) is 6.44. The molecular weight excluding hydrogens is 550 g/mol. The molecule has 0 radical (unpaired) electrons. The maximum atomic E-state index is 4.95. The van der Waals surface area contributed by atoms with E-state index >= 15 is 0 Å². The van der Waals surface area contributed by atoms with Crippen LogP contribution in [0.15, 0.2) is 60.9 Å². The average Bonchev–Trinajstić information content (AvgIpc) is 3.05. The van der Waals surface area contributed by atoms with Gasteiger partial charge in [0.2, 0.25) is 0 Å². The summed E-state index contributed by atoms with van der Waals surface area (Å²) in [7, 11) is 10.4. The Morgan fingerprint density at radius 3 is 1.45 bits per heavy atom. The SMILES string of the molecule is CN(CCCNCc1ccc2c(n1)N(C)c1ncccc1N2C)CCCNCc1ccc2c(n1)N(C)c1ncccc1N2C. The van der Waals surface area contributed by atoms with Gasteiger partial charge in [-0.25, -0.2) is 19.9 Å². The molecule has 6 rings (SSSR count). The molecule has 2 N–H and O–H groups in total. The summed E-state index contributed by atoms with van der Waals surface area (Å²) >= 11 is 0. The minimum atomic E-state index is 0.749. The number of nitrogens with one attached hydrogen (secondary N) is 2. The molecule has 11 nitrogen and oxygen atoms in total. The van der Waals surface area contributed by atoms with Crippen LogP contribution in [0, 0.1) is 0 Å². The second-order valence-corrected chi connectivity index (χ2v) is 11.6. The van der Waals surface area contributed by atoms with Gasteiger partial charge in [-0.3, -0.25) is 0 Å². The van der Waals surface area contributed by atoms with Gasteiger partial charge in [-0.15, -0.1) is 0 Å². The Morgan fingerprint density at radius 1 is 0.568 bits per heavy atom. The third kappa shape index (κ3) is 6.03. The molecule has 11 heteroatoms. The highest BCUT2D eigenvalue weighted by molar-refractivity contribution is 5.89. The molecule has 4 aromatic heterocycles. The standard InChI is InChI=1S/C33H43N11/c1-40(20-8-16-34-22-24-12-14-28-32(38-24)43(4)30-26(41(28)2)10-6-18-36-30)21-9-17-35-23-25-13-15-29-33(39-25)44(5)31-27(42(29)3)11-7-19-37-31/h6-7,10-15,18-19,34-35H,8-9,16-17,20-23H2,1-5H3. The van der Waals surface area contributed by atoms with Crippen LogP contribution < -0.4 is 30.2 Å². The highest BCUT2D eigenvalue weighted by atomic mass is 15.3. The van der Waals surface area contributed by atoms with Crippen LogP contribution in [-0.2, 0) is 13.1 Å². The molecule has 2 aliphatic heterocycles. The van der Waals surface area contributed by atoms with Crippen LogP contribution in [0.2, 0.25) is 0 Å². The van der Waals surface area contributed by atoms with Crippen molar-refractivity contribution in [3.8, 4) is 0 Å².